The molecule has 0 rings (SSSR count). The van der Waals surface area contributed by atoms with Crippen molar-refractivity contribution in [1.29, 1.82) is 0 Å². The predicted molar refractivity (Wildman–Crippen MR) is 58.5 cm³/mol. The second-order valence-corrected chi connectivity index (χ2v) is 0. The molecule has 0 aliphatic rings. The first-order valence-corrected chi connectivity index (χ1v) is 0. The van der Waals surface area contributed by atoms with E-state index in [2.05, 4.69) is 0 Å². The van der Waals surface area contributed by atoms with Crippen LogP contribution in [0.25, 0.3) is 0 Å². The minimum absolute atomic E-state index is 0. The molecule has 0 bridgehead atoms. The van der Waals surface area contributed by atoms with Crippen LogP contribution < -0.4 is 0 Å². The zero-order valence-electron chi connectivity index (χ0n) is 4.90. The van der Waals surface area contributed by atoms with Gasteiger partial charge in [0.1, 0.15) is 0 Å². The van der Waals surface area contributed by atoms with Gasteiger partial charge in [-0.3, -0.25) is 28.2 Å². The largest absolute Gasteiger partial charge is 0.269 e. The van der Waals surface area contributed by atoms with Gasteiger partial charge in [0, 0.05) is 0 Å². The maximum atomic E-state index is 0. The zero-order chi connectivity index (χ0) is 0. The van der Waals surface area contributed by atoms with Crippen LogP contribution in [-0.4, -0.2) is 0 Å². The van der Waals surface area contributed by atoms with Gasteiger partial charge >= 0.3 is 0 Å². The van der Waals surface area contributed by atoms with E-state index in [1.165, 1.54) is 0 Å². The van der Waals surface area contributed by atoms with Crippen LogP contribution in [0.1, 0.15) is 0 Å². The molecule has 0 heterocycles. The first-order valence-electron chi connectivity index (χ1n) is 0. The van der Waals surface area contributed by atoms with E-state index in [9.17, 15) is 0 Å². The molecule has 0 nitrogen and oxygen atoms in total. The Morgan fingerprint density at radius 2 is 0.167 bits per heavy atom. The number of hydrogen-bond donors (Lipinski definition) is 0. The third-order valence-corrected chi connectivity index (χ3v) is 0. The van der Waals surface area contributed by atoms with Gasteiger partial charge in [-0.2, -0.15) is 0 Å². The molecule has 96 valence electrons. The molecule has 0 saturated heterocycles. The summed E-state index contributed by atoms with van der Waals surface area (Å²) in [4.78, 5) is 0. The first kappa shape index (κ1) is 1160. The Morgan fingerprint density at radius 1 is 0.167 bits per heavy atom. The van der Waals surface area contributed by atoms with Crippen molar-refractivity contribution < 1.29 is 28.2 Å². The summed E-state index contributed by atoms with van der Waals surface area (Å²) in [5.74, 6) is 0. The molecule has 0 spiro atoms. The van der Waals surface area contributed by atoms with E-state index < -0.39 is 0 Å². The Labute approximate surface area is 103 Å². The molecule has 0 fully saturated rings. The zero-order valence-corrected chi connectivity index (χ0v) is 9.80. The maximum Gasteiger partial charge on any atom is -0.147 e. The number of rotatable bonds is 0. The Morgan fingerprint density at radius 3 is 0.167 bits per heavy atom. The summed E-state index contributed by atoms with van der Waals surface area (Å²) in [6.07, 6.45) is 0. The maximum absolute atomic E-state index is 0. The normalized spacial score (nSPS) is 0. The van der Waals surface area contributed by atoms with Gasteiger partial charge in [-0.05, 0) is 0 Å². The lowest BCUT2D eigenvalue weighted by Crippen LogP contribution is 0.419. The molecule has 0 atom stereocenters. The molecule has 0 unspecified atom stereocenters. The van der Waals surface area contributed by atoms with Gasteiger partial charge in [0.25, 0.3) is 0 Å². The molecule has 0 aliphatic heterocycles. The van der Waals surface area contributed by atoms with E-state index in [-0.39, 0.29) is 103 Å². The van der Waals surface area contributed by atoms with Gasteiger partial charge in [0.2, 0.25) is 0 Å². The van der Waals surface area contributed by atoms with Gasteiger partial charge in [-0.1, -0.05) is 0 Å². The van der Waals surface area contributed by atoms with E-state index >= 15 is 0 Å². The van der Waals surface area contributed by atoms with E-state index in [0.29, 0.717) is 0 Å². The van der Waals surface area contributed by atoms with Crippen LogP contribution in [0.2, 0.25) is 0 Å². The quantitative estimate of drug-likeness (QED) is 0.594. The molecule has 0 saturated carbocycles. The van der Waals surface area contributed by atoms with Crippen LogP contribution in [0.4, 0.5) is 28.2 Å². The summed E-state index contributed by atoms with van der Waals surface area (Å²) in [5, 5.41) is 0. The topological polar surface area (TPSA) is 0 Å². The van der Waals surface area contributed by atoms with Crippen molar-refractivity contribution in [2.75, 3.05) is 0 Å². The molecule has 0 aromatic rings. The fourth-order valence-corrected chi connectivity index (χ4v) is 0. The smallest absolute Gasteiger partial charge is 0.147 e. The SMILES string of the molecule is Cl.Cl.Cl.Cl.Cl.Cl.F.F.F.F.F.F. The second kappa shape index (κ2) is 906. The van der Waals surface area contributed by atoms with E-state index in [1.807, 2.05) is 0 Å². The van der Waals surface area contributed by atoms with Crippen molar-refractivity contribution in [1.82, 2.24) is 0 Å². The summed E-state index contributed by atoms with van der Waals surface area (Å²) in [5.41, 5.74) is 0. The van der Waals surface area contributed by atoms with Crippen molar-refractivity contribution in [3.05, 3.63) is 0 Å². The van der Waals surface area contributed by atoms with Gasteiger partial charge < -0.3 is 0 Å². The van der Waals surface area contributed by atoms with Crippen molar-refractivity contribution in [3.63, 3.8) is 0 Å². The Kier molecular flexibility index (Phi) is 87600. The highest BCUT2D eigenvalue weighted by Gasteiger charge is -0.141. The van der Waals surface area contributed by atoms with Gasteiger partial charge in [-0.25, -0.2) is 0 Å². The number of hydrogen-bond acceptors (Lipinski definition) is 0. The minimum atomic E-state index is 0. The molecular formula is H12Cl6F6. The second-order valence-electron chi connectivity index (χ2n) is 0. The lowest BCUT2D eigenvalue weighted by atomic mass is 19.0. The van der Waals surface area contributed by atoms with Crippen molar-refractivity contribution >= 4 is 74.4 Å². The van der Waals surface area contributed by atoms with Crippen LogP contribution in [0.5, 0.6) is 0 Å². The minimum Gasteiger partial charge on any atom is -0.269 e. The Hall–Kier alpha value is 1.32. The van der Waals surface area contributed by atoms with Crippen LogP contribution in [0, 0.1) is 0 Å². The molecule has 12 heteroatoms. The summed E-state index contributed by atoms with van der Waals surface area (Å²) in [7, 11) is 0. The summed E-state index contributed by atoms with van der Waals surface area (Å²) in [6.45, 7) is 0. The average Bonchev–Trinajstić information content (AvgIpc) is 0. The third kappa shape index (κ3) is 692. The highest BCUT2D eigenvalue weighted by molar-refractivity contribution is 5.86. The molecule has 0 N–H and O–H groups in total. The summed E-state index contributed by atoms with van der Waals surface area (Å²) >= 11 is 0. The lowest BCUT2D eigenvalue weighted by Gasteiger charge is -0.270. The predicted octanol–water partition coefficient (Wildman–Crippen LogP) is 3.45. The number of halogens is 12. The molecular weight excluding hydrogens is 327 g/mol. The Bertz CT molecular complexity index is 12.0. The molecule has 12 heavy (non-hydrogen) atoms. The van der Waals surface area contributed by atoms with E-state index in [0.717, 1.165) is 0 Å². The highest BCUT2D eigenvalue weighted by Crippen LogP contribution is 0.695. The standard InChI is InChI=1S/6ClH.6FH/h12*1H. The fraction of sp³-hybridized carbons (Fsp3) is 0. The van der Waals surface area contributed by atoms with Gasteiger partial charge in [0.05, 0.1) is 0 Å². The van der Waals surface area contributed by atoms with Crippen LogP contribution in [-0.2, 0) is 0 Å². The van der Waals surface area contributed by atoms with Crippen LogP contribution in [0.15, 0.2) is 0 Å². The van der Waals surface area contributed by atoms with E-state index in [1.54, 1.807) is 0 Å². The molecule has 0 aliphatic carbocycles. The van der Waals surface area contributed by atoms with Crippen molar-refractivity contribution in [2.24, 2.45) is 0 Å². The third-order valence-electron chi connectivity index (χ3n) is 0. The Balaban J connectivity index is 0. The van der Waals surface area contributed by atoms with Gasteiger partial charge in [-0.15, -0.1) is 74.4 Å². The van der Waals surface area contributed by atoms with Crippen molar-refractivity contribution in [2.45, 2.75) is 0 Å². The average molecular weight is 339 g/mol. The fourth-order valence-electron chi connectivity index (χ4n) is 0. The van der Waals surface area contributed by atoms with Crippen LogP contribution in [0.3, 0.4) is 0 Å². The van der Waals surface area contributed by atoms with Crippen molar-refractivity contribution in [3.8, 4) is 0 Å². The van der Waals surface area contributed by atoms with Crippen LogP contribution >= 0.6 is 74.4 Å². The summed E-state index contributed by atoms with van der Waals surface area (Å²) < 4.78 is 0. The summed E-state index contributed by atoms with van der Waals surface area (Å²) in [6, 6.07) is 0. The lowest BCUT2D eigenvalue weighted by molar-refractivity contribution is 1.11. The highest BCUT2D eigenvalue weighted by atomic mass is 35.5. The molecule has 0 aromatic carbocycles. The molecule has 0 amide bonds. The monoisotopic (exact) mass is 336 g/mol. The molecule has 0 aromatic heterocycles. The van der Waals surface area contributed by atoms with E-state index in [4.69, 9.17) is 0 Å². The molecule has 0 radical (unpaired) electrons. The van der Waals surface area contributed by atoms with Gasteiger partial charge in [0.15, 0.2) is 0 Å². The first-order chi connectivity index (χ1) is 0.